The molecule has 0 saturated carbocycles. The van der Waals surface area contributed by atoms with E-state index in [0.29, 0.717) is 42.7 Å². The SMILES string of the molecule is CC[C@@H](c1ccccc1)N1Cc2cc3c(cc2C[C@H]1C(=O)NC(Cc1ccc(-c2ccnc(C)c2C)cc1)C(=O)O)OC[C@H](c1ccc(OCc2ccc(Cl)cc2)cc1)O3. The van der Waals surface area contributed by atoms with Crippen molar-refractivity contribution < 1.29 is 28.9 Å². The standard InChI is InChI=1S/C50H48ClN3O6/c1-4-44(36-8-6-5-7-9-36)54-28-39-27-47-46(59-30-48(60-47)37-16-20-41(21-17-37)58-29-34-12-18-40(51)19-13-34)26-38(39)25-45(54)49(55)53-43(50(56)57)24-33-10-14-35(15-11-33)42-22-23-52-32(3)31(42)2/h5-23,26-27,43-45,48H,4,24-25,28-30H2,1-3H3,(H,53,55)(H,56,57)/t43?,44-,45-,48+/m0/s1. The van der Waals surface area contributed by atoms with E-state index in [2.05, 4.69) is 34.3 Å². The summed E-state index contributed by atoms with van der Waals surface area (Å²) in [5, 5.41) is 14.0. The van der Waals surface area contributed by atoms with E-state index in [0.717, 1.165) is 67.9 Å². The number of hydrogen-bond acceptors (Lipinski definition) is 7. The van der Waals surface area contributed by atoms with Gasteiger partial charge in [0.15, 0.2) is 17.6 Å². The van der Waals surface area contributed by atoms with Crippen LogP contribution in [0.15, 0.2) is 128 Å². The molecule has 4 atom stereocenters. The van der Waals surface area contributed by atoms with Crippen LogP contribution in [-0.2, 0) is 35.6 Å². The van der Waals surface area contributed by atoms with Gasteiger partial charge in [-0.05, 0) is 119 Å². The van der Waals surface area contributed by atoms with E-state index in [1.54, 1.807) is 6.20 Å². The van der Waals surface area contributed by atoms with Crippen molar-refractivity contribution in [1.29, 1.82) is 0 Å². The Hall–Kier alpha value is -6.16. The third-order valence-electron chi connectivity index (χ3n) is 11.7. The molecule has 8 rings (SSSR count). The number of amides is 1. The number of pyridine rings is 1. The maximum atomic E-state index is 14.4. The molecular formula is C50H48ClN3O6. The summed E-state index contributed by atoms with van der Waals surface area (Å²) in [6.07, 6.45) is 2.76. The van der Waals surface area contributed by atoms with E-state index in [9.17, 15) is 14.7 Å². The van der Waals surface area contributed by atoms with Crippen LogP contribution in [0.4, 0.5) is 0 Å². The van der Waals surface area contributed by atoms with Gasteiger partial charge in [-0.2, -0.15) is 0 Å². The molecule has 10 heteroatoms. The van der Waals surface area contributed by atoms with Crippen LogP contribution in [0.5, 0.6) is 17.2 Å². The quantitative estimate of drug-likeness (QED) is 0.119. The van der Waals surface area contributed by atoms with Gasteiger partial charge in [-0.3, -0.25) is 14.7 Å². The lowest BCUT2D eigenvalue weighted by Gasteiger charge is -2.42. The van der Waals surface area contributed by atoms with Crippen LogP contribution in [0.2, 0.25) is 5.02 Å². The molecule has 2 aliphatic rings. The Labute approximate surface area is 355 Å². The molecule has 5 aromatic carbocycles. The zero-order valence-electron chi connectivity index (χ0n) is 33.9. The van der Waals surface area contributed by atoms with E-state index in [1.165, 1.54) is 0 Å². The van der Waals surface area contributed by atoms with Gasteiger partial charge in [0.1, 0.15) is 25.0 Å². The zero-order valence-corrected chi connectivity index (χ0v) is 34.7. The van der Waals surface area contributed by atoms with Crippen LogP contribution in [0.25, 0.3) is 11.1 Å². The molecule has 2 aliphatic heterocycles. The molecule has 2 N–H and O–H groups in total. The highest BCUT2D eigenvalue weighted by atomic mass is 35.5. The Balaban J connectivity index is 0.996. The lowest BCUT2D eigenvalue weighted by atomic mass is 9.89. The average molecular weight is 822 g/mol. The highest BCUT2D eigenvalue weighted by Gasteiger charge is 2.39. The van der Waals surface area contributed by atoms with E-state index in [-0.39, 0.29) is 24.5 Å². The molecule has 0 saturated heterocycles. The molecule has 0 fully saturated rings. The van der Waals surface area contributed by atoms with Gasteiger partial charge >= 0.3 is 5.97 Å². The maximum Gasteiger partial charge on any atom is 0.326 e. The Morgan fingerprint density at radius 3 is 2.33 bits per heavy atom. The number of carboxylic acid groups (broad SMARTS) is 1. The summed E-state index contributed by atoms with van der Waals surface area (Å²) in [6.45, 7) is 7.36. The van der Waals surface area contributed by atoms with Crippen molar-refractivity contribution in [2.24, 2.45) is 0 Å². The van der Waals surface area contributed by atoms with Gasteiger partial charge in [-0.15, -0.1) is 0 Å². The smallest absolute Gasteiger partial charge is 0.326 e. The molecule has 6 aromatic rings. The molecule has 1 aromatic heterocycles. The first kappa shape index (κ1) is 40.6. The zero-order chi connectivity index (χ0) is 41.8. The highest BCUT2D eigenvalue weighted by Crippen LogP contribution is 2.42. The molecule has 0 bridgehead atoms. The number of aliphatic carboxylic acids is 1. The van der Waals surface area contributed by atoms with E-state index < -0.39 is 18.1 Å². The highest BCUT2D eigenvalue weighted by molar-refractivity contribution is 6.30. The first-order valence-electron chi connectivity index (χ1n) is 20.4. The molecule has 0 aliphatic carbocycles. The van der Waals surface area contributed by atoms with Crippen molar-refractivity contribution in [2.45, 2.75) is 77.4 Å². The average Bonchev–Trinajstić information content (AvgIpc) is 3.27. The molecule has 0 radical (unpaired) electrons. The minimum absolute atomic E-state index is 0.0902. The van der Waals surface area contributed by atoms with Crippen molar-refractivity contribution in [3.8, 4) is 28.4 Å². The molecule has 60 heavy (non-hydrogen) atoms. The van der Waals surface area contributed by atoms with Gasteiger partial charge < -0.3 is 24.6 Å². The summed E-state index contributed by atoms with van der Waals surface area (Å²) >= 11 is 6.02. The molecule has 1 unspecified atom stereocenters. The number of hydrogen-bond donors (Lipinski definition) is 2. The third-order valence-corrected chi connectivity index (χ3v) is 12.0. The normalized spacial score (nSPS) is 16.9. The third kappa shape index (κ3) is 9.03. The van der Waals surface area contributed by atoms with Gasteiger partial charge in [0.05, 0.1) is 6.04 Å². The Morgan fingerprint density at radius 1 is 0.900 bits per heavy atom. The summed E-state index contributed by atoms with van der Waals surface area (Å²) in [5.74, 6) is 0.616. The summed E-state index contributed by atoms with van der Waals surface area (Å²) in [7, 11) is 0. The number of aromatic nitrogens is 1. The summed E-state index contributed by atoms with van der Waals surface area (Å²) in [4.78, 5) is 33.7. The van der Waals surface area contributed by atoms with Gasteiger partial charge in [0.25, 0.3) is 0 Å². The van der Waals surface area contributed by atoms with Crippen LogP contribution in [0, 0.1) is 13.8 Å². The van der Waals surface area contributed by atoms with E-state index >= 15 is 0 Å². The van der Waals surface area contributed by atoms with Crippen LogP contribution in [0.3, 0.4) is 0 Å². The number of carbonyl (C=O) groups excluding carboxylic acids is 1. The number of halogens is 1. The fourth-order valence-electron chi connectivity index (χ4n) is 8.25. The fraction of sp³-hybridized carbons (Fsp3) is 0.260. The van der Waals surface area contributed by atoms with Crippen molar-refractivity contribution in [2.75, 3.05) is 6.61 Å². The predicted molar refractivity (Wildman–Crippen MR) is 232 cm³/mol. The largest absolute Gasteiger partial charge is 0.489 e. The molecule has 1 amide bonds. The Morgan fingerprint density at radius 2 is 1.62 bits per heavy atom. The first-order valence-corrected chi connectivity index (χ1v) is 20.8. The van der Waals surface area contributed by atoms with Crippen molar-refractivity contribution >= 4 is 23.5 Å². The number of carbonyl (C=O) groups is 2. The molecular weight excluding hydrogens is 774 g/mol. The minimum atomic E-state index is -1.12. The van der Waals surface area contributed by atoms with Crippen molar-refractivity contribution in [3.63, 3.8) is 0 Å². The second-order valence-corrected chi connectivity index (χ2v) is 16.0. The van der Waals surface area contributed by atoms with Crippen LogP contribution in [-0.4, -0.2) is 45.6 Å². The van der Waals surface area contributed by atoms with Gasteiger partial charge in [-0.1, -0.05) is 97.4 Å². The summed E-state index contributed by atoms with van der Waals surface area (Å²) in [5.41, 5.74) is 10.1. The van der Waals surface area contributed by atoms with Gasteiger partial charge in [-0.25, -0.2) is 4.79 Å². The second kappa shape index (κ2) is 18.0. The molecule has 9 nitrogen and oxygen atoms in total. The topological polar surface area (TPSA) is 110 Å². The molecule has 306 valence electrons. The number of aryl methyl sites for hydroxylation is 1. The molecule has 3 heterocycles. The van der Waals surface area contributed by atoms with Crippen LogP contribution >= 0.6 is 11.6 Å². The van der Waals surface area contributed by atoms with Crippen molar-refractivity contribution in [1.82, 2.24) is 15.2 Å². The fourth-order valence-corrected chi connectivity index (χ4v) is 8.37. The summed E-state index contributed by atoms with van der Waals surface area (Å²) < 4.78 is 18.9. The Bertz CT molecular complexity index is 2460. The Kier molecular flexibility index (Phi) is 12.2. The molecule has 0 spiro atoms. The number of nitrogens with zero attached hydrogens (tertiary/aromatic N) is 2. The number of carboxylic acids is 1. The van der Waals surface area contributed by atoms with E-state index in [4.69, 9.17) is 25.8 Å². The van der Waals surface area contributed by atoms with Crippen LogP contribution in [0.1, 0.15) is 70.1 Å². The first-order chi connectivity index (χ1) is 29.1. The lowest BCUT2D eigenvalue weighted by molar-refractivity contribution is -0.143. The maximum absolute atomic E-state index is 14.4. The van der Waals surface area contributed by atoms with E-state index in [1.807, 2.05) is 123 Å². The van der Waals surface area contributed by atoms with Crippen molar-refractivity contribution in [3.05, 3.63) is 177 Å². The second-order valence-electron chi connectivity index (χ2n) is 15.6. The lowest BCUT2D eigenvalue weighted by Crippen LogP contribution is -2.55. The minimum Gasteiger partial charge on any atom is -0.489 e. The van der Waals surface area contributed by atoms with Gasteiger partial charge in [0, 0.05) is 35.9 Å². The predicted octanol–water partition coefficient (Wildman–Crippen LogP) is 9.80. The number of rotatable bonds is 13. The van der Waals surface area contributed by atoms with Crippen LogP contribution < -0.4 is 19.5 Å². The number of ether oxygens (including phenoxy) is 3. The van der Waals surface area contributed by atoms with Gasteiger partial charge in [0.2, 0.25) is 5.91 Å². The number of benzene rings is 5. The summed E-state index contributed by atoms with van der Waals surface area (Å²) in [6, 6.07) is 37.6. The number of fused-ring (bicyclic) bond motifs is 2. The number of nitrogens with one attached hydrogen (secondary N) is 1. The monoisotopic (exact) mass is 821 g/mol.